The van der Waals surface area contributed by atoms with E-state index < -0.39 is 22.5 Å². The van der Waals surface area contributed by atoms with Gasteiger partial charge in [-0.1, -0.05) is 17.7 Å². The Labute approximate surface area is 109 Å². The maximum atomic E-state index is 12.4. The number of para-hydroxylation sites is 1. The Morgan fingerprint density at radius 2 is 2.00 bits per heavy atom. The molecule has 0 fully saturated rings. The van der Waals surface area contributed by atoms with Gasteiger partial charge >= 0.3 is 11.9 Å². The molecule has 0 amide bonds. The molecule has 2 rings (SSSR count). The van der Waals surface area contributed by atoms with Crippen LogP contribution in [0, 0.1) is 10.1 Å². The number of nitro groups is 1. The molecule has 0 N–H and O–H groups in total. The standard InChI is InChI=1S/C10H5ClF3N3O2/c11-6-2-1-3-7(9(6)17(18)19)16-5-4-8(15-16)10(12,13)14/h1-5H. The lowest BCUT2D eigenvalue weighted by atomic mass is 10.2. The molecule has 100 valence electrons. The number of rotatable bonds is 2. The maximum absolute atomic E-state index is 12.4. The number of benzene rings is 1. The van der Waals surface area contributed by atoms with E-state index in [1.165, 1.54) is 18.2 Å². The first-order valence-electron chi connectivity index (χ1n) is 4.87. The van der Waals surface area contributed by atoms with E-state index in [1.54, 1.807) is 0 Å². The number of hydrogen-bond donors (Lipinski definition) is 0. The van der Waals surface area contributed by atoms with Crippen LogP contribution in [-0.2, 0) is 6.18 Å². The van der Waals surface area contributed by atoms with E-state index in [0.29, 0.717) is 0 Å². The Kier molecular flexibility index (Phi) is 3.19. The van der Waals surface area contributed by atoms with Gasteiger partial charge in [0.2, 0.25) is 0 Å². The van der Waals surface area contributed by atoms with E-state index >= 15 is 0 Å². The predicted molar refractivity (Wildman–Crippen MR) is 60.2 cm³/mol. The van der Waals surface area contributed by atoms with E-state index in [0.717, 1.165) is 16.9 Å². The van der Waals surface area contributed by atoms with Gasteiger partial charge in [0, 0.05) is 6.20 Å². The average Bonchev–Trinajstić information content (AvgIpc) is 2.76. The number of nitrogens with zero attached hydrogens (tertiary/aromatic N) is 3. The monoisotopic (exact) mass is 291 g/mol. The Balaban J connectivity index is 2.57. The predicted octanol–water partition coefficient (Wildman–Crippen LogP) is 3.45. The molecule has 2 aromatic rings. The summed E-state index contributed by atoms with van der Waals surface area (Å²) in [5.41, 5.74) is -1.77. The fourth-order valence-electron chi connectivity index (χ4n) is 1.48. The third kappa shape index (κ3) is 2.53. The summed E-state index contributed by atoms with van der Waals surface area (Å²) in [4.78, 5) is 10.1. The van der Waals surface area contributed by atoms with E-state index in [-0.39, 0.29) is 10.7 Å². The van der Waals surface area contributed by atoms with Crippen molar-refractivity contribution in [3.05, 3.63) is 51.3 Å². The van der Waals surface area contributed by atoms with E-state index in [2.05, 4.69) is 5.10 Å². The molecule has 1 aromatic carbocycles. The van der Waals surface area contributed by atoms with Gasteiger partial charge in [0.15, 0.2) is 5.69 Å². The van der Waals surface area contributed by atoms with Crippen LogP contribution in [0.15, 0.2) is 30.5 Å². The van der Waals surface area contributed by atoms with Crippen molar-refractivity contribution >= 4 is 17.3 Å². The first kappa shape index (κ1) is 13.3. The zero-order valence-corrected chi connectivity index (χ0v) is 9.81. The summed E-state index contributed by atoms with van der Waals surface area (Å²) in [5.74, 6) is 0. The van der Waals surface area contributed by atoms with Crippen molar-refractivity contribution < 1.29 is 18.1 Å². The third-order valence-corrected chi connectivity index (χ3v) is 2.58. The van der Waals surface area contributed by atoms with Gasteiger partial charge in [-0.05, 0) is 18.2 Å². The lowest BCUT2D eigenvalue weighted by Crippen LogP contribution is -2.08. The van der Waals surface area contributed by atoms with Crippen LogP contribution in [0.4, 0.5) is 18.9 Å². The summed E-state index contributed by atoms with van der Waals surface area (Å²) in [6, 6.07) is 4.65. The van der Waals surface area contributed by atoms with Crippen molar-refractivity contribution in [3.8, 4) is 5.69 Å². The zero-order chi connectivity index (χ0) is 14.2. The van der Waals surface area contributed by atoms with Crippen molar-refractivity contribution in [1.82, 2.24) is 9.78 Å². The molecule has 1 aromatic heterocycles. The van der Waals surface area contributed by atoms with Crippen molar-refractivity contribution in [2.75, 3.05) is 0 Å². The molecule has 0 radical (unpaired) electrons. The highest BCUT2D eigenvalue weighted by molar-refractivity contribution is 6.33. The van der Waals surface area contributed by atoms with Crippen LogP contribution in [0.3, 0.4) is 0 Å². The molecule has 0 bridgehead atoms. The number of aromatic nitrogens is 2. The highest BCUT2D eigenvalue weighted by Crippen LogP contribution is 2.32. The molecular formula is C10H5ClF3N3O2. The molecule has 0 unspecified atom stereocenters. The van der Waals surface area contributed by atoms with Crippen molar-refractivity contribution in [3.63, 3.8) is 0 Å². The lowest BCUT2D eigenvalue weighted by Gasteiger charge is -2.04. The Morgan fingerprint density at radius 3 is 2.53 bits per heavy atom. The largest absolute Gasteiger partial charge is 0.435 e. The minimum absolute atomic E-state index is 0.131. The summed E-state index contributed by atoms with van der Waals surface area (Å²) in [6.45, 7) is 0. The Hall–Kier alpha value is -2.09. The van der Waals surface area contributed by atoms with Gasteiger partial charge in [0.25, 0.3) is 0 Å². The minimum atomic E-state index is -4.61. The fourth-order valence-corrected chi connectivity index (χ4v) is 1.72. The molecule has 0 aliphatic heterocycles. The number of nitro benzene ring substituents is 1. The maximum Gasteiger partial charge on any atom is 0.435 e. The van der Waals surface area contributed by atoms with Crippen molar-refractivity contribution in [2.24, 2.45) is 0 Å². The summed E-state index contributed by atoms with van der Waals surface area (Å²) < 4.78 is 38.0. The molecule has 5 nitrogen and oxygen atoms in total. The average molecular weight is 292 g/mol. The Morgan fingerprint density at radius 1 is 1.32 bits per heavy atom. The highest BCUT2D eigenvalue weighted by atomic mass is 35.5. The minimum Gasteiger partial charge on any atom is -0.258 e. The summed E-state index contributed by atoms with van der Waals surface area (Å²) in [7, 11) is 0. The van der Waals surface area contributed by atoms with Crippen LogP contribution < -0.4 is 0 Å². The molecule has 0 aliphatic rings. The highest BCUT2D eigenvalue weighted by Gasteiger charge is 2.34. The van der Waals surface area contributed by atoms with Crippen molar-refractivity contribution in [2.45, 2.75) is 6.18 Å². The van der Waals surface area contributed by atoms with Gasteiger partial charge in [-0.15, -0.1) is 0 Å². The number of alkyl halides is 3. The summed E-state index contributed by atoms with van der Waals surface area (Å²) >= 11 is 5.67. The number of hydrogen-bond acceptors (Lipinski definition) is 3. The SMILES string of the molecule is O=[N+]([O-])c1c(Cl)cccc1-n1ccc(C(F)(F)F)n1. The van der Waals surface area contributed by atoms with Crippen LogP contribution in [0.1, 0.15) is 5.69 Å². The molecule has 0 saturated carbocycles. The molecule has 9 heteroatoms. The second-order valence-electron chi connectivity index (χ2n) is 3.51. The van der Waals surface area contributed by atoms with Crippen LogP contribution >= 0.6 is 11.6 Å². The molecule has 0 spiro atoms. The van der Waals surface area contributed by atoms with Gasteiger partial charge in [-0.2, -0.15) is 18.3 Å². The quantitative estimate of drug-likeness (QED) is 0.629. The van der Waals surface area contributed by atoms with E-state index in [1.807, 2.05) is 0 Å². The first-order valence-corrected chi connectivity index (χ1v) is 5.24. The van der Waals surface area contributed by atoms with Gasteiger partial charge < -0.3 is 0 Å². The topological polar surface area (TPSA) is 61.0 Å². The van der Waals surface area contributed by atoms with Gasteiger partial charge in [-0.3, -0.25) is 10.1 Å². The molecular weight excluding hydrogens is 287 g/mol. The molecule has 0 aliphatic carbocycles. The van der Waals surface area contributed by atoms with Crippen LogP contribution in [-0.4, -0.2) is 14.7 Å². The van der Waals surface area contributed by atoms with Crippen LogP contribution in [0.2, 0.25) is 5.02 Å². The van der Waals surface area contributed by atoms with Gasteiger partial charge in [0.05, 0.1) is 4.92 Å². The lowest BCUT2D eigenvalue weighted by molar-refractivity contribution is -0.384. The summed E-state index contributed by atoms with van der Waals surface area (Å²) in [6.07, 6.45) is -3.62. The first-order chi connectivity index (χ1) is 8.80. The van der Waals surface area contributed by atoms with E-state index in [9.17, 15) is 23.3 Å². The van der Waals surface area contributed by atoms with Gasteiger partial charge in [-0.25, -0.2) is 4.68 Å². The fraction of sp³-hybridized carbons (Fsp3) is 0.100. The van der Waals surface area contributed by atoms with Crippen molar-refractivity contribution in [1.29, 1.82) is 0 Å². The second-order valence-corrected chi connectivity index (χ2v) is 3.92. The summed E-state index contributed by atoms with van der Waals surface area (Å²) in [5, 5.41) is 14.0. The number of halogens is 4. The van der Waals surface area contributed by atoms with E-state index in [4.69, 9.17) is 11.6 Å². The molecule has 0 saturated heterocycles. The third-order valence-electron chi connectivity index (χ3n) is 2.27. The second kappa shape index (κ2) is 4.54. The molecule has 1 heterocycles. The van der Waals surface area contributed by atoms with Crippen LogP contribution in [0.5, 0.6) is 0 Å². The van der Waals surface area contributed by atoms with Gasteiger partial charge in [0.1, 0.15) is 10.7 Å². The Bertz CT molecular complexity index is 639. The normalized spacial score (nSPS) is 11.6. The zero-order valence-electron chi connectivity index (χ0n) is 9.06. The molecule has 0 atom stereocenters. The molecule has 19 heavy (non-hydrogen) atoms. The smallest absolute Gasteiger partial charge is 0.258 e. The van der Waals surface area contributed by atoms with Crippen LogP contribution in [0.25, 0.3) is 5.69 Å².